The zero-order valence-electron chi connectivity index (χ0n) is 12.8. The molecule has 1 aliphatic heterocycles. The summed E-state index contributed by atoms with van der Waals surface area (Å²) in [6.07, 6.45) is 0. The van der Waals surface area contributed by atoms with Crippen LogP contribution < -0.4 is 14.9 Å². The first kappa shape index (κ1) is 14.4. The molecule has 1 aliphatic rings. The van der Waals surface area contributed by atoms with Gasteiger partial charge in [-0.3, -0.25) is 4.79 Å². The SMILES string of the molecule is Cc1oc2cc(O)cc(O)c2c(=O)c1-c1ccc2c(c1)OCCO2. The Balaban J connectivity index is 1.99. The van der Waals surface area contributed by atoms with Crippen molar-refractivity contribution in [1.29, 1.82) is 0 Å². The lowest BCUT2D eigenvalue weighted by atomic mass is 10.0. The van der Waals surface area contributed by atoms with Crippen LogP contribution in [0, 0.1) is 6.92 Å². The van der Waals surface area contributed by atoms with E-state index in [1.54, 1.807) is 25.1 Å². The van der Waals surface area contributed by atoms with Crippen LogP contribution in [-0.2, 0) is 0 Å². The number of rotatable bonds is 1. The van der Waals surface area contributed by atoms with Gasteiger partial charge in [0.2, 0.25) is 5.43 Å². The average Bonchev–Trinajstić information content (AvgIpc) is 2.53. The van der Waals surface area contributed by atoms with E-state index in [4.69, 9.17) is 13.9 Å². The maximum Gasteiger partial charge on any atom is 0.204 e. The molecule has 1 aromatic heterocycles. The fraction of sp³-hybridized carbons (Fsp3) is 0.167. The Labute approximate surface area is 136 Å². The molecule has 4 rings (SSSR count). The maximum atomic E-state index is 12.9. The van der Waals surface area contributed by atoms with Gasteiger partial charge in [-0.05, 0) is 24.6 Å². The van der Waals surface area contributed by atoms with E-state index in [1.165, 1.54) is 6.07 Å². The molecule has 0 radical (unpaired) electrons. The molecular formula is C18H14O6. The van der Waals surface area contributed by atoms with Gasteiger partial charge < -0.3 is 24.1 Å². The molecule has 2 heterocycles. The molecule has 0 spiro atoms. The van der Waals surface area contributed by atoms with Gasteiger partial charge in [0.25, 0.3) is 0 Å². The largest absolute Gasteiger partial charge is 0.508 e. The molecule has 0 saturated heterocycles. The van der Waals surface area contributed by atoms with E-state index in [0.717, 1.165) is 6.07 Å². The topological polar surface area (TPSA) is 89.1 Å². The van der Waals surface area contributed by atoms with E-state index in [-0.39, 0.29) is 27.9 Å². The number of ether oxygens (including phenoxy) is 2. The molecule has 0 amide bonds. The van der Waals surface area contributed by atoms with Crippen LogP contribution in [-0.4, -0.2) is 23.4 Å². The van der Waals surface area contributed by atoms with Gasteiger partial charge in [-0.2, -0.15) is 0 Å². The van der Waals surface area contributed by atoms with Gasteiger partial charge in [0.15, 0.2) is 11.5 Å². The van der Waals surface area contributed by atoms with Crippen LogP contribution >= 0.6 is 0 Å². The van der Waals surface area contributed by atoms with Crippen molar-refractivity contribution in [2.75, 3.05) is 13.2 Å². The standard InChI is InChI=1S/C18H14O6/c1-9-16(10-2-3-13-14(6-10)23-5-4-22-13)18(21)17-12(20)7-11(19)8-15(17)24-9/h2-3,6-8,19-20H,4-5H2,1H3. The number of aromatic hydroxyl groups is 2. The van der Waals surface area contributed by atoms with Gasteiger partial charge in [-0.15, -0.1) is 0 Å². The first-order valence-corrected chi connectivity index (χ1v) is 7.44. The second-order valence-electron chi connectivity index (χ2n) is 5.56. The summed E-state index contributed by atoms with van der Waals surface area (Å²) in [5.41, 5.74) is 0.708. The molecule has 0 bridgehead atoms. The lowest BCUT2D eigenvalue weighted by molar-refractivity contribution is 0.171. The second-order valence-corrected chi connectivity index (χ2v) is 5.56. The molecule has 122 valence electrons. The summed E-state index contributed by atoms with van der Waals surface area (Å²) >= 11 is 0. The molecule has 0 aliphatic carbocycles. The van der Waals surface area contributed by atoms with Crippen molar-refractivity contribution in [3.05, 3.63) is 46.3 Å². The van der Waals surface area contributed by atoms with Crippen LogP contribution in [0.25, 0.3) is 22.1 Å². The summed E-state index contributed by atoms with van der Waals surface area (Å²) in [4.78, 5) is 12.9. The molecule has 3 aromatic rings. The highest BCUT2D eigenvalue weighted by Crippen LogP contribution is 2.36. The van der Waals surface area contributed by atoms with Gasteiger partial charge in [0, 0.05) is 12.1 Å². The molecule has 6 nitrogen and oxygen atoms in total. The van der Waals surface area contributed by atoms with Crippen LogP contribution in [0.2, 0.25) is 0 Å². The second kappa shape index (κ2) is 5.19. The fourth-order valence-corrected chi connectivity index (χ4v) is 2.93. The molecule has 0 unspecified atom stereocenters. The van der Waals surface area contributed by atoms with E-state index in [1.807, 2.05) is 0 Å². The molecule has 0 atom stereocenters. The lowest BCUT2D eigenvalue weighted by Gasteiger charge is -2.19. The quantitative estimate of drug-likeness (QED) is 0.715. The summed E-state index contributed by atoms with van der Waals surface area (Å²) in [7, 11) is 0. The van der Waals surface area contributed by atoms with Crippen molar-refractivity contribution in [3.8, 4) is 34.1 Å². The summed E-state index contributed by atoms with van der Waals surface area (Å²) in [6.45, 7) is 2.59. The third-order valence-electron chi connectivity index (χ3n) is 3.97. The van der Waals surface area contributed by atoms with E-state index < -0.39 is 0 Å². The highest BCUT2D eigenvalue weighted by atomic mass is 16.6. The summed E-state index contributed by atoms with van der Waals surface area (Å²) in [6, 6.07) is 7.62. The predicted molar refractivity (Wildman–Crippen MR) is 87.0 cm³/mol. The molecule has 24 heavy (non-hydrogen) atoms. The minimum absolute atomic E-state index is 0.0308. The van der Waals surface area contributed by atoms with E-state index in [9.17, 15) is 15.0 Å². The Morgan fingerprint density at radius 3 is 2.54 bits per heavy atom. The van der Waals surface area contributed by atoms with Crippen LogP contribution in [0.15, 0.2) is 39.5 Å². The monoisotopic (exact) mass is 326 g/mol. The van der Waals surface area contributed by atoms with Crippen LogP contribution in [0.4, 0.5) is 0 Å². The Bertz CT molecular complexity index is 1020. The zero-order valence-corrected chi connectivity index (χ0v) is 12.8. The summed E-state index contributed by atoms with van der Waals surface area (Å²) in [5.74, 6) is 1.08. The number of fused-ring (bicyclic) bond motifs is 2. The Kier molecular flexibility index (Phi) is 3.13. The molecule has 0 saturated carbocycles. The van der Waals surface area contributed by atoms with Crippen molar-refractivity contribution in [2.45, 2.75) is 6.92 Å². The highest BCUT2D eigenvalue weighted by molar-refractivity contribution is 5.89. The third kappa shape index (κ3) is 2.15. The number of benzene rings is 2. The molecule has 2 N–H and O–H groups in total. The van der Waals surface area contributed by atoms with Crippen molar-refractivity contribution in [3.63, 3.8) is 0 Å². The zero-order chi connectivity index (χ0) is 16.8. The van der Waals surface area contributed by atoms with Gasteiger partial charge >= 0.3 is 0 Å². The number of phenols is 2. The normalized spacial score (nSPS) is 13.2. The average molecular weight is 326 g/mol. The first-order chi connectivity index (χ1) is 11.5. The van der Waals surface area contributed by atoms with Crippen LogP contribution in [0.1, 0.15) is 5.76 Å². The van der Waals surface area contributed by atoms with E-state index in [0.29, 0.717) is 41.6 Å². The molecule has 0 fully saturated rings. The van der Waals surface area contributed by atoms with Gasteiger partial charge in [0.1, 0.15) is 41.4 Å². The van der Waals surface area contributed by atoms with E-state index >= 15 is 0 Å². The minimum Gasteiger partial charge on any atom is -0.508 e. The molecular weight excluding hydrogens is 312 g/mol. The summed E-state index contributed by atoms with van der Waals surface area (Å²) in [5, 5.41) is 19.6. The number of hydrogen-bond donors (Lipinski definition) is 2. The highest BCUT2D eigenvalue weighted by Gasteiger charge is 2.19. The van der Waals surface area contributed by atoms with Gasteiger partial charge in [-0.1, -0.05) is 6.07 Å². The third-order valence-corrected chi connectivity index (χ3v) is 3.97. The van der Waals surface area contributed by atoms with Crippen LogP contribution in [0.3, 0.4) is 0 Å². The van der Waals surface area contributed by atoms with Crippen molar-refractivity contribution in [1.82, 2.24) is 0 Å². The van der Waals surface area contributed by atoms with Gasteiger partial charge in [0.05, 0.1) is 5.56 Å². The fourth-order valence-electron chi connectivity index (χ4n) is 2.93. The van der Waals surface area contributed by atoms with Crippen molar-refractivity contribution >= 4 is 11.0 Å². The summed E-state index contributed by atoms with van der Waals surface area (Å²) < 4.78 is 16.7. The smallest absolute Gasteiger partial charge is 0.204 e. The lowest BCUT2D eigenvalue weighted by Crippen LogP contribution is -2.15. The van der Waals surface area contributed by atoms with Crippen molar-refractivity contribution in [2.24, 2.45) is 0 Å². The van der Waals surface area contributed by atoms with Gasteiger partial charge in [-0.25, -0.2) is 0 Å². The maximum absolute atomic E-state index is 12.9. The number of hydrogen-bond acceptors (Lipinski definition) is 6. The van der Waals surface area contributed by atoms with Crippen molar-refractivity contribution < 1.29 is 24.1 Å². The Hall–Kier alpha value is -3.15. The number of phenolic OH excluding ortho intramolecular Hbond substituents is 2. The number of aryl methyl sites for hydroxylation is 1. The molecule has 2 aromatic carbocycles. The van der Waals surface area contributed by atoms with E-state index in [2.05, 4.69) is 0 Å². The predicted octanol–water partition coefficient (Wildman–Crippen LogP) is 2.95. The van der Waals surface area contributed by atoms with Crippen LogP contribution in [0.5, 0.6) is 23.0 Å². The first-order valence-electron chi connectivity index (χ1n) is 7.44. The minimum atomic E-state index is -0.372. The molecule has 6 heteroatoms. The Morgan fingerprint density at radius 1 is 1.00 bits per heavy atom. The Morgan fingerprint density at radius 2 is 1.75 bits per heavy atom.